The maximum absolute atomic E-state index is 11.2. The van der Waals surface area contributed by atoms with E-state index in [1.54, 1.807) is 0 Å². The summed E-state index contributed by atoms with van der Waals surface area (Å²) in [5.41, 5.74) is 4.92. The van der Waals surface area contributed by atoms with Gasteiger partial charge in [-0.15, -0.1) is 0 Å². The van der Waals surface area contributed by atoms with Crippen molar-refractivity contribution in [2.45, 2.75) is 6.42 Å². The van der Waals surface area contributed by atoms with E-state index in [0.29, 0.717) is 17.5 Å². The quantitative estimate of drug-likeness (QED) is 0.605. The average molecular weight is 293 g/mol. The Morgan fingerprint density at radius 3 is 2.95 bits per heavy atom. The lowest BCUT2D eigenvalue weighted by atomic mass is 10.1. The third-order valence-electron chi connectivity index (χ3n) is 3.60. The van der Waals surface area contributed by atoms with Gasteiger partial charge in [-0.05, 0) is 29.8 Å². The number of aromatic carboxylic acids is 1. The topological polar surface area (TPSA) is 92.0 Å². The number of nitrogens with one attached hydrogen (secondary N) is 1. The van der Waals surface area contributed by atoms with Gasteiger partial charge in [0.25, 0.3) is 0 Å². The van der Waals surface area contributed by atoms with Gasteiger partial charge in [0, 0.05) is 18.3 Å². The first-order chi connectivity index (χ1) is 10.7. The van der Waals surface area contributed by atoms with E-state index in [1.807, 2.05) is 24.3 Å². The van der Waals surface area contributed by atoms with Crippen LogP contribution in [0.3, 0.4) is 0 Å². The standard InChI is InChI=1S/C16H11N3O3/c20-16(21)11-3-4-17-13-7-10(19-15(11)13)5-9-1-2-12-14(6-9)22-8-18-12/h1-4,6-8,19H,5H2,(H,20,21). The molecule has 0 aliphatic carbocycles. The van der Waals surface area contributed by atoms with Crippen LogP contribution in [0.15, 0.2) is 47.3 Å². The van der Waals surface area contributed by atoms with Gasteiger partial charge in [-0.25, -0.2) is 9.78 Å². The molecule has 108 valence electrons. The normalized spacial score (nSPS) is 11.3. The number of carboxylic acids is 1. The third kappa shape index (κ3) is 2.01. The zero-order chi connectivity index (χ0) is 15.1. The largest absolute Gasteiger partial charge is 0.478 e. The molecule has 0 bridgehead atoms. The summed E-state index contributed by atoms with van der Waals surface area (Å²) < 4.78 is 5.29. The second kappa shape index (κ2) is 4.70. The fraction of sp³-hybridized carbons (Fsp3) is 0.0625. The van der Waals surface area contributed by atoms with Crippen LogP contribution in [0, 0.1) is 0 Å². The lowest BCUT2D eigenvalue weighted by Crippen LogP contribution is -1.97. The number of rotatable bonds is 3. The summed E-state index contributed by atoms with van der Waals surface area (Å²) in [6.07, 6.45) is 3.55. The number of H-pyrrole nitrogens is 1. The average Bonchev–Trinajstić information content (AvgIpc) is 3.11. The predicted octanol–water partition coefficient (Wildman–Crippen LogP) is 2.99. The summed E-state index contributed by atoms with van der Waals surface area (Å²) >= 11 is 0. The number of benzene rings is 1. The van der Waals surface area contributed by atoms with E-state index in [2.05, 4.69) is 15.0 Å². The highest BCUT2D eigenvalue weighted by Crippen LogP contribution is 2.21. The Morgan fingerprint density at radius 1 is 1.18 bits per heavy atom. The third-order valence-corrected chi connectivity index (χ3v) is 3.60. The number of oxazole rings is 1. The summed E-state index contributed by atoms with van der Waals surface area (Å²) in [5, 5.41) is 9.21. The molecule has 0 atom stereocenters. The molecule has 3 heterocycles. The molecular weight excluding hydrogens is 282 g/mol. The molecule has 0 amide bonds. The second-order valence-electron chi connectivity index (χ2n) is 5.05. The van der Waals surface area contributed by atoms with Gasteiger partial charge in [-0.1, -0.05) is 6.07 Å². The van der Waals surface area contributed by atoms with Crippen LogP contribution >= 0.6 is 0 Å². The van der Waals surface area contributed by atoms with Crippen molar-refractivity contribution in [1.29, 1.82) is 0 Å². The number of hydrogen-bond donors (Lipinski definition) is 2. The van der Waals surface area contributed by atoms with Crippen LogP contribution in [-0.4, -0.2) is 26.0 Å². The number of aromatic amines is 1. The molecule has 22 heavy (non-hydrogen) atoms. The van der Waals surface area contributed by atoms with E-state index in [9.17, 15) is 9.90 Å². The monoisotopic (exact) mass is 293 g/mol. The molecule has 0 fully saturated rings. The van der Waals surface area contributed by atoms with Crippen LogP contribution < -0.4 is 0 Å². The molecular formula is C16H11N3O3. The van der Waals surface area contributed by atoms with Crippen molar-refractivity contribution < 1.29 is 14.3 Å². The summed E-state index contributed by atoms with van der Waals surface area (Å²) in [6.45, 7) is 0. The number of carboxylic acid groups (broad SMARTS) is 1. The van der Waals surface area contributed by atoms with E-state index in [4.69, 9.17) is 4.42 Å². The molecule has 1 aromatic carbocycles. The number of pyridine rings is 1. The Labute approximate surface area is 124 Å². The molecule has 6 heteroatoms. The first kappa shape index (κ1) is 12.6. The van der Waals surface area contributed by atoms with E-state index >= 15 is 0 Å². The Morgan fingerprint density at radius 2 is 2.09 bits per heavy atom. The van der Waals surface area contributed by atoms with Crippen LogP contribution in [0.25, 0.3) is 22.1 Å². The number of nitrogens with zero attached hydrogens (tertiary/aromatic N) is 2. The molecule has 0 aliphatic rings. The van der Waals surface area contributed by atoms with Crippen molar-refractivity contribution in [2.75, 3.05) is 0 Å². The van der Waals surface area contributed by atoms with Gasteiger partial charge < -0.3 is 14.5 Å². The maximum Gasteiger partial charge on any atom is 0.337 e. The van der Waals surface area contributed by atoms with Crippen molar-refractivity contribution >= 4 is 28.1 Å². The van der Waals surface area contributed by atoms with Gasteiger partial charge in [0.15, 0.2) is 12.0 Å². The van der Waals surface area contributed by atoms with Gasteiger partial charge >= 0.3 is 5.97 Å². The minimum atomic E-state index is -0.969. The highest BCUT2D eigenvalue weighted by molar-refractivity contribution is 6.00. The summed E-state index contributed by atoms with van der Waals surface area (Å²) in [4.78, 5) is 22.7. The van der Waals surface area contributed by atoms with Crippen LogP contribution in [0.2, 0.25) is 0 Å². The van der Waals surface area contributed by atoms with Gasteiger partial charge in [0.05, 0.1) is 16.6 Å². The first-order valence-electron chi connectivity index (χ1n) is 6.73. The molecule has 3 aromatic heterocycles. The Kier molecular flexibility index (Phi) is 2.69. The minimum Gasteiger partial charge on any atom is -0.478 e. The maximum atomic E-state index is 11.2. The second-order valence-corrected chi connectivity index (χ2v) is 5.05. The molecule has 0 radical (unpaired) electrons. The van der Waals surface area contributed by atoms with E-state index in [1.165, 1.54) is 18.7 Å². The van der Waals surface area contributed by atoms with Crippen LogP contribution in [0.1, 0.15) is 21.6 Å². The molecule has 0 saturated heterocycles. The van der Waals surface area contributed by atoms with E-state index < -0.39 is 5.97 Å². The lowest BCUT2D eigenvalue weighted by molar-refractivity contribution is 0.0698. The molecule has 2 N–H and O–H groups in total. The number of carbonyl (C=O) groups is 1. The Bertz CT molecular complexity index is 1000. The van der Waals surface area contributed by atoms with Crippen molar-refractivity contribution in [2.24, 2.45) is 0 Å². The van der Waals surface area contributed by atoms with Gasteiger partial charge in [0.1, 0.15) is 5.52 Å². The zero-order valence-corrected chi connectivity index (χ0v) is 11.4. The van der Waals surface area contributed by atoms with Crippen LogP contribution in [0.4, 0.5) is 0 Å². The van der Waals surface area contributed by atoms with Crippen LogP contribution in [0.5, 0.6) is 0 Å². The molecule has 0 saturated carbocycles. The van der Waals surface area contributed by atoms with Gasteiger partial charge in [-0.3, -0.25) is 4.98 Å². The molecule has 4 aromatic rings. The van der Waals surface area contributed by atoms with E-state index in [0.717, 1.165) is 22.4 Å². The predicted molar refractivity (Wildman–Crippen MR) is 79.9 cm³/mol. The van der Waals surface area contributed by atoms with Crippen molar-refractivity contribution in [3.05, 3.63) is 59.7 Å². The summed E-state index contributed by atoms with van der Waals surface area (Å²) in [6, 6.07) is 9.16. The van der Waals surface area contributed by atoms with Gasteiger partial charge in [0.2, 0.25) is 0 Å². The number of aromatic nitrogens is 3. The smallest absolute Gasteiger partial charge is 0.337 e. The molecule has 0 unspecified atom stereocenters. The SMILES string of the molecule is O=C(O)c1ccnc2cc(Cc3ccc4ncoc4c3)[nH]c12. The highest BCUT2D eigenvalue weighted by atomic mass is 16.4. The Hall–Kier alpha value is -3.15. The number of hydrogen-bond acceptors (Lipinski definition) is 4. The Balaban J connectivity index is 1.74. The first-order valence-corrected chi connectivity index (χ1v) is 6.73. The van der Waals surface area contributed by atoms with Crippen LogP contribution in [-0.2, 0) is 6.42 Å². The van der Waals surface area contributed by atoms with Crippen molar-refractivity contribution in [3.63, 3.8) is 0 Å². The summed E-state index contributed by atoms with van der Waals surface area (Å²) in [5.74, 6) is -0.969. The molecule has 0 spiro atoms. The van der Waals surface area contributed by atoms with Crippen molar-refractivity contribution in [1.82, 2.24) is 15.0 Å². The summed E-state index contributed by atoms with van der Waals surface area (Å²) in [7, 11) is 0. The minimum absolute atomic E-state index is 0.224. The lowest BCUT2D eigenvalue weighted by Gasteiger charge is -1.99. The molecule has 4 rings (SSSR count). The van der Waals surface area contributed by atoms with Gasteiger partial charge in [-0.2, -0.15) is 0 Å². The molecule has 6 nitrogen and oxygen atoms in total. The highest BCUT2D eigenvalue weighted by Gasteiger charge is 2.12. The zero-order valence-electron chi connectivity index (χ0n) is 11.4. The fourth-order valence-electron chi connectivity index (χ4n) is 2.58. The number of fused-ring (bicyclic) bond motifs is 2. The van der Waals surface area contributed by atoms with E-state index in [-0.39, 0.29) is 5.56 Å². The fourth-order valence-corrected chi connectivity index (χ4v) is 2.58. The molecule has 0 aliphatic heterocycles. The van der Waals surface area contributed by atoms with Crippen molar-refractivity contribution in [3.8, 4) is 0 Å².